The van der Waals surface area contributed by atoms with Crippen LogP contribution in [0.2, 0.25) is 0 Å². The van der Waals surface area contributed by atoms with E-state index in [0.29, 0.717) is 12.5 Å². The number of rotatable bonds is 2. The van der Waals surface area contributed by atoms with Crippen LogP contribution in [0, 0.1) is 17.3 Å². The molecule has 0 heterocycles. The lowest BCUT2D eigenvalue weighted by molar-refractivity contribution is -0.150. The zero-order valence-corrected chi connectivity index (χ0v) is 8.25. The normalized spacial score (nSPS) is 47.2. The molecular weight excluding hydrogens is 166 g/mol. The maximum atomic E-state index is 11.6. The molecule has 4 atom stereocenters. The molecule has 0 spiro atoms. The summed E-state index contributed by atoms with van der Waals surface area (Å²) in [6.45, 7) is 4.48. The summed E-state index contributed by atoms with van der Waals surface area (Å²) >= 11 is 0. The molecule has 2 fully saturated rings. The average Bonchev–Trinajstić information content (AvgIpc) is 2.68. The van der Waals surface area contributed by atoms with Gasteiger partial charge in [0.15, 0.2) is 0 Å². The Balaban J connectivity index is 2.05. The summed E-state index contributed by atoms with van der Waals surface area (Å²) in [5.74, 6) is 0.592. The molecule has 13 heavy (non-hydrogen) atoms. The first-order valence-electron chi connectivity index (χ1n) is 5.02. The first kappa shape index (κ1) is 9.00. The summed E-state index contributed by atoms with van der Waals surface area (Å²) in [5, 5.41) is 0. The minimum absolute atomic E-state index is 0.0412. The fourth-order valence-electron chi connectivity index (χ4n) is 2.77. The Kier molecular flexibility index (Phi) is 1.88. The second kappa shape index (κ2) is 2.71. The highest BCUT2D eigenvalue weighted by Gasteiger charge is 2.65. The van der Waals surface area contributed by atoms with E-state index in [1.165, 1.54) is 0 Å². The van der Waals surface area contributed by atoms with Gasteiger partial charge in [-0.3, -0.25) is 4.79 Å². The fraction of sp³-hybridized carbons (Fsp3) is 0.900. The third-order valence-electron chi connectivity index (χ3n) is 3.74. The minimum atomic E-state index is -0.0412. The van der Waals surface area contributed by atoms with Crippen molar-refractivity contribution in [2.75, 3.05) is 6.61 Å². The van der Waals surface area contributed by atoms with Crippen molar-refractivity contribution in [3.63, 3.8) is 0 Å². The van der Waals surface area contributed by atoms with Gasteiger partial charge >= 0.3 is 5.97 Å². The van der Waals surface area contributed by atoms with Gasteiger partial charge in [0, 0.05) is 6.04 Å². The molecule has 2 N–H and O–H groups in total. The SMILES string of the molecule is CCOC(=O)[C@@H]1C[C@@H](N)[C@H]2C[C@]21C. The molecule has 0 aromatic rings. The van der Waals surface area contributed by atoms with Crippen LogP contribution < -0.4 is 5.73 Å². The van der Waals surface area contributed by atoms with Gasteiger partial charge in [0.1, 0.15) is 0 Å². The van der Waals surface area contributed by atoms with Gasteiger partial charge in [0.05, 0.1) is 12.5 Å². The molecule has 0 saturated heterocycles. The van der Waals surface area contributed by atoms with E-state index >= 15 is 0 Å². The number of fused-ring (bicyclic) bond motifs is 1. The van der Waals surface area contributed by atoms with Gasteiger partial charge in [0.25, 0.3) is 0 Å². The summed E-state index contributed by atoms with van der Waals surface area (Å²) in [7, 11) is 0. The second-order valence-corrected chi connectivity index (χ2v) is 4.52. The molecule has 0 radical (unpaired) electrons. The molecule has 3 heteroatoms. The van der Waals surface area contributed by atoms with Crippen LogP contribution in [0.1, 0.15) is 26.7 Å². The van der Waals surface area contributed by atoms with Crippen molar-refractivity contribution in [1.82, 2.24) is 0 Å². The Morgan fingerprint density at radius 2 is 2.38 bits per heavy atom. The molecule has 0 aliphatic heterocycles. The van der Waals surface area contributed by atoms with E-state index in [2.05, 4.69) is 6.92 Å². The van der Waals surface area contributed by atoms with Gasteiger partial charge < -0.3 is 10.5 Å². The van der Waals surface area contributed by atoms with Crippen LogP contribution in [0.25, 0.3) is 0 Å². The number of ether oxygens (including phenoxy) is 1. The maximum Gasteiger partial charge on any atom is 0.309 e. The van der Waals surface area contributed by atoms with Crippen molar-refractivity contribution < 1.29 is 9.53 Å². The third kappa shape index (κ3) is 1.17. The molecule has 2 rings (SSSR count). The lowest BCUT2D eigenvalue weighted by Crippen LogP contribution is -2.26. The van der Waals surface area contributed by atoms with Crippen molar-refractivity contribution in [3.05, 3.63) is 0 Å². The van der Waals surface area contributed by atoms with Crippen LogP contribution in [-0.2, 0) is 9.53 Å². The van der Waals surface area contributed by atoms with Crippen LogP contribution >= 0.6 is 0 Å². The number of carbonyl (C=O) groups excluding carboxylic acids is 1. The predicted octanol–water partition coefficient (Wildman–Crippen LogP) is 0.923. The summed E-state index contributed by atoms with van der Waals surface area (Å²) in [5.41, 5.74) is 6.09. The number of hydrogen-bond acceptors (Lipinski definition) is 3. The summed E-state index contributed by atoms with van der Waals surface area (Å²) in [4.78, 5) is 11.6. The van der Waals surface area contributed by atoms with E-state index in [0.717, 1.165) is 12.8 Å². The first-order chi connectivity index (χ1) is 6.09. The van der Waals surface area contributed by atoms with Gasteiger partial charge in [-0.2, -0.15) is 0 Å². The Labute approximate surface area is 78.6 Å². The number of esters is 1. The summed E-state index contributed by atoms with van der Waals surface area (Å²) in [6, 6.07) is 0.222. The van der Waals surface area contributed by atoms with Crippen molar-refractivity contribution in [3.8, 4) is 0 Å². The van der Waals surface area contributed by atoms with E-state index in [1.54, 1.807) is 0 Å². The van der Waals surface area contributed by atoms with E-state index in [1.807, 2.05) is 6.92 Å². The molecule has 2 aliphatic carbocycles. The van der Waals surface area contributed by atoms with Crippen LogP contribution in [0.3, 0.4) is 0 Å². The Bertz CT molecular complexity index is 241. The molecule has 74 valence electrons. The van der Waals surface area contributed by atoms with Gasteiger partial charge in [-0.15, -0.1) is 0 Å². The van der Waals surface area contributed by atoms with Crippen molar-refractivity contribution >= 4 is 5.97 Å². The Hall–Kier alpha value is -0.570. The van der Waals surface area contributed by atoms with E-state index in [4.69, 9.17) is 10.5 Å². The van der Waals surface area contributed by atoms with Crippen LogP contribution in [-0.4, -0.2) is 18.6 Å². The topological polar surface area (TPSA) is 52.3 Å². The highest BCUT2D eigenvalue weighted by Crippen LogP contribution is 2.65. The Morgan fingerprint density at radius 3 is 2.77 bits per heavy atom. The first-order valence-corrected chi connectivity index (χ1v) is 5.02. The molecule has 2 aliphatic rings. The zero-order chi connectivity index (χ0) is 9.64. The van der Waals surface area contributed by atoms with Crippen molar-refractivity contribution in [1.29, 1.82) is 0 Å². The molecule has 3 nitrogen and oxygen atoms in total. The molecule has 2 saturated carbocycles. The zero-order valence-electron chi connectivity index (χ0n) is 8.25. The average molecular weight is 183 g/mol. The number of hydrogen-bond donors (Lipinski definition) is 1. The number of nitrogens with two attached hydrogens (primary N) is 1. The van der Waals surface area contributed by atoms with Gasteiger partial charge in [-0.05, 0) is 31.1 Å². The minimum Gasteiger partial charge on any atom is -0.466 e. The van der Waals surface area contributed by atoms with Gasteiger partial charge in [-0.1, -0.05) is 6.92 Å². The van der Waals surface area contributed by atoms with Crippen LogP contribution in [0.15, 0.2) is 0 Å². The van der Waals surface area contributed by atoms with Crippen LogP contribution in [0.4, 0.5) is 0 Å². The quantitative estimate of drug-likeness (QED) is 0.648. The fourth-order valence-corrected chi connectivity index (χ4v) is 2.77. The highest BCUT2D eigenvalue weighted by atomic mass is 16.5. The molecule has 0 aromatic carbocycles. The lowest BCUT2D eigenvalue weighted by Gasteiger charge is -2.17. The van der Waals surface area contributed by atoms with E-state index in [9.17, 15) is 4.79 Å². The van der Waals surface area contributed by atoms with Crippen molar-refractivity contribution in [2.24, 2.45) is 23.0 Å². The molecule has 0 bridgehead atoms. The third-order valence-corrected chi connectivity index (χ3v) is 3.74. The van der Waals surface area contributed by atoms with E-state index < -0.39 is 0 Å². The number of carbonyl (C=O) groups is 1. The molecule has 0 amide bonds. The van der Waals surface area contributed by atoms with Crippen molar-refractivity contribution in [2.45, 2.75) is 32.7 Å². The molecule has 0 aromatic heterocycles. The molecular formula is C10H17NO2. The summed E-state index contributed by atoms with van der Waals surface area (Å²) < 4.78 is 5.04. The smallest absolute Gasteiger partial charge is 0.309 e. The maximum absolute atomic E-state index is 11.6. The lowest BCUT2D eigenvalue weighted by atomic mass is 9.92. The Morgan fingerprint density at radius 1 is 1.69 bits per heavy atom. The van der Waals surface area contributed by atoms with E-state index in [-0.39, 0.29) is 23.3 Å². The largest absolute Gasteiger partial charge is 0.466 e. The van der Waals surface area contributed by atoms with Gasteiger partial charge in [0.2, 0.25) is 0 Å². The van der Waals surface area contributed by atoms with Crippen LogP contribution in [0.5, 0.6) is 0 Å². The highest BCUT2D eigenvalue weighted by molar-refractivity contribution is 5.75. The summed E-state index contributed by atoms with van der Waals surface area (Å²) in [6.07, 6.45) is 1.93. The molecule has 0 unspecified atom stereocenters. The second-order valence-electron chi connectivity index (χ2n) is 4.52. The monoisotopic (exact) mass is 183 g/mol. The predicted molar refractivity (Wildman–Crippen MR) is 48.9 cm³/mol. The van der Waals surface area contributed by atoms with Gasteiger partial charge in [-0.25, -0.2) is 0 Å². The standard InChI is InChI=1S/C10H17NO2/c1-3-13-9(12)6-4-8(11)7-5-10(6,7)2/h6-8H,3-5,11H2,1-2H3/t6-,7+,8+,10-/m0/s1.